The van der Waals surface area contributed by atoms with E-state index in [4.69, 9.17) is 9.47 Å². The van der Waals surface area contributed by atoms with Crippen LogP contribution in [0, 0.1) is 0 Å². The Kier molecular flexibility index (Phi) is 4.27. The van der Waals surface area contributed by atoms with Crippen molar-refractivity contribution < 1.29 is 19.4 Å². The second-order valence-corrected chi connectivity index (χ2v) is 6.44. The summed E-state index contributed by atoms with van der Waals surface area (Å²) in [6.07, 6.45) is 3.41. The highest BCUT2D eigenvalue weighted by Gasteiger charge is 2.21. The zero-order valence-corrected chi connectivity index (χ0v) is 14.7. The maximum absolute atomic E-state index is 12.3. The van der Waals surface area contributed by atoms with Crippen molar-refractivity contribution in [3.8, 4) is 5.75 Å². The zero-order valence-electron chi connectivity index (χ0n) is 14.7. The predicted octanol–water partition coefficient (Wildman–Crippen LogP) is 3.90. The summed E-state index contributed by atoms with van der Waals surface area (Å²) in [6, 6.07) is 9.49. The van der Waals surface area contributed by atoms with Gasteiger partial charge in [0.2, 0.25) is 0 Å². The van der Waals surface area contributed by atoms with Crippen LogP contribution in [0.25, 0.3) is 27.9 Å². The number of nitrogens with one attached hydrogen (secondary N) is 1. The molecule has 0 spiro atoms. The maximum atomic E-state index is 12.3. The van der Waals surface area contributed by atoms with E-state index in [9.17, 15) is 9.90 Å². The van der Waals surface area contributed by atoms with E-state index in [1.54, 1.807) is 39.2 Å². The molecule has 2 N–H and O–H groups in total. The minimum Gasteiger partial charge on any atom is -0.495 e. The molecule has 0 saturated carbocycles. The highest BCUT2D eigenvalue weighted by Crippen LogP contribution is 2.37. The molecule has 0 aliphatic carbocycles. The second kappa shape index (κ2) is 6.26. The fourth-order valence-corrected chi connectivity index (χ4v) is 2.92. The number of H-pyrrole nitrogens is 1. The van der Waals surface area contributed by atoms with Gasteiger partial charge in [-0.1, -0.05) is 30.4 Å². The summed E-state index contributed by atoms with van der Waals surface area (Å²) in [5.41, 5.74) is 1.80. The lowest BCUT2D eigenvalue weighted by molar-refractivity contribution is 0.0600. The van der Waals surface area contributed by atoms with E-state index in [2.05, 4.69) is 4.98 Å². The molecule has 2 aromatic carbocycles. The molecule has 1 heterocycles. The van der Waals surface area contributed by atoms with E-state index in [0.717, 1.165) is 21.8 Å². The average Bonchev–Trinajstić information content (AvgIpc) is 2.97. The number of aromatic nitrogens is 1. The van der Waals surface area contributed by atoms with E-state index in [1.807, 2.05) is 24.3 Å². The molecular weight excluding hydrogens is 318 g/mol. The first-order valence-corrected chi connectivity index (χ1v) is 7.97. The number of aliphatic hydroxyl groups is 1. The van der Waals surface area contributed by atoms with Gasteiger partial charge in [0.25, 0.3) is 0 Å². The molecule has 0 radical (unpaired) electrons. The van der Waals surface area contributed by atoms with Crippen LogP contribution >= 0.6 is 0 Å². The SMILES string of the molecule is COC(=O)c1cc(OC)c2[nH]c3ccccc3c2c1/C=C/C(C)(C)O. The molecule has 130 valence electrons. The number of ether oxygens (including phenoxy) is 2. The molecule has 0 amide bonds. The van der Waals surface area contributed by atoms with Crippen LogP contribution in [0.2, 0.25) is 0 Å². The molecule has 0 aliphatic heterocycles. The van der Waals surface area contributed by atoms with Crippen molar-refractivity contribution in [1.29, 1.82) is 0 Å². The molecule has 5 heteroatoms. The van der Waals surface area contributed by atoms with Gasteiger partial charge in [0.05, 0.1) is 30.9 Å². The van der Waals surface area contributed by atoms with Crippen LogP contribution in [0.5, 0.6) is 5.75 Å². The van der Waals surface area contributed by atoms with Crippen molar-refractivity contribution in [2.45, 2.75) is 19.4 Å². The number of fused-ring (bicyclic) bond motifs is 3. The smallest absolute Gasteiger partial charge is 0.338 e. The molecule has 0 unspecified atom stereocenters. The van der Waals surface area contributed by atoms with Crippen LogP contribution in [-0.4, -0.2) is 35.9 Å². The number of esters is 1. The Hall–Kier alpha value is -2.79. The molecule has 1 aromatic heterocycles. The first-order valence-electron chi connectivity index (χ1n) is 7.97. The maximum Gasteiger partial charge on any atom is 0.338 e. The lowest BCUT2D eigenvalue weighted by Gasteiger charge is -2.13. The largest absolute Gasteiger partial charge is 0.495 e. The van der Waals surface area contributed by atoms with E-state index in [1.165, 1.54) is 7.11 Å². The van der Waals surface area contributed by atoms with Crippen LogP contribution < -0.4 is 4.74 Å². The van der Waals surface area contributed by atoms with Gasteiger partial charge in [-0.05, 0) is 31.5 Å². The van der Waals surface area contributed by atoms with Gasteiger partial charge in [0.1, 0.15) is 5.75 Å². The standard InChI is InChI=1S/C20H21NO4/c1-20(2,23)10-9-12-14(19(22)25-4)11-16(24-3)18-17(12)13-7-5-6-8-15(13)21-18/h5-11,21,23H,1-4H3/b10-9+. The van der Waals surface area contributed by atoms with Gasteiger partial charge < -0.3 is 19.6 Å². The Morgan fingerprint density at radius 1 is 1.24 bits per heavy atom. The normalized spacial score (nSPS) is 12.2. The number of hydrogen-bond donors (Lipinski definition) is 2. The van der Waals surface area contributed by atoms with Crippen LogP contribution in [-0.2, 0) is 4.74 Å². The molecule has 5 nitrogen and oxygen atoms in total. The molecule has 0 atom stereocenters. The lowest BCUT2D eigenvalue weighted by atomic mass is 9.97. The van der Waals surface area contributed by atoms with Gasteiger partial charge in [0, 0.05) is 16.3 Å². The van der Waals surface area contributed by atoms with E-state index < -0.39 is 11.6 Å². The average molecular weight is 339 g/mol. The van der Waals surface area contributed by atoms with E-state index >= 15 is 0 Å². The van der Waals surface area contributed by atoms with Gasteiger partial charge in [-0.3, -0.25) is 0 Å². The highest BCUT2D eigenvalue weighted by atomic mass is 16.5. The van der Waals surface area contributed by atoms with Gasteiger partial charge in [-0.25, -0.2) is 4.79 Å². The third-order valence-electron chi connectivity index (χ3n) is 4.07. The Morgan fingerprint density at radius 3 is 2.60 bits per heavy atom. The molecule has 25 heavy (non-hydrogen) atoms. The van der Waals surface area contributed by atoms with Crippen LogP contribution in [0.15, 0.2) is 36.4 Å². The van der Waals surface area contributed by atoms with Crippen molar-refractivity contribution in [2.75, 3.05) is 14.2 Å². The molecule has 0 bridgehead atoms. The van der Waals surface area contributed by atoms with Crippen LogP contribution in [0.3, 0.4) is 0 Å². The molecule has 0 saturated heterocycles. The third-order valence-corrected chi connectivity index (χ3v) is 4.07. The number of carbonyl (C=O) groups is 1. The number of aromatic amines is 1. The molecule has 0 fully saturated rings. The Labute approximate surface area is 145 Å². The Balaban J connectivity index is 2.46. The van der Waals surface area contributed by atoms with Crippen molar-refractivity contribution in [2.24, 2.45) is 0 Å². The van der Waals surface area contributed by atoms with Gasteiger partial charge >= 0.3 is 5.97 Å². The quantitative estimate of drug-likeness (QED) is 0.707. The third kappa shape index (κ3) is 3.10. The van der Waals surface area contributed by atoms with Gasteiger partial charge in [0.15, 0.2) is 0 Å². The number of hydrogen-bond acceptors (Lipinski definition) is 4. The Morgan fingerprint density at radius 2 is 1.96 bits per heavy atom. The minimum absolute atomic E-state index is 0.386. The topological polar surface area (TPSA) is 71.5 Å². The minimum atomic E-state index is -1.01. The number of para-hydroxylation sites is 1. The molecular formula is C20H21NO4. The second-order valence-electron chi connectivity index (χ2n) is 6.44. The van der Waals surface area contributed by atoms with Gasteiger partial charge in [-0.15, -0.1) is 0 Å². The summed E-state index contributed by atoms with van der Waals surface area (Å²) in [5, 5.41) is 11.9. The lowest BCUT2D eigenvalue weighted by Crippen LogP contribution is -2.13. The number of methoxy groups -OCH3 is 2. The number of rotatable bonds is 4. The summed E-state index contributed by atoms with van der Waals surface area (Å²) < 4.78 is 10.4. The number of benzene rings is 2. The molecule has 3 aromatic rings. The van der Waals surface area contributed by atoms with Crippen molar-refractivity contribution in [3.05, 3.63) is 47.5 Å². The first kappa shape index (κ1) is 17.0. The van der Waals surface area contributed by atoms with E-state index in [-0.39, 0.29) is 0 Å². The van der Waals surface area contributed by atoms with Crippen molar-refractivity contribution in [1.82, 2.24) is 4.98 Å². The fourth-order valence-electron chi connectivity index (χ4n) is 2.92. The summed E-state index contributed by atoms with van der Waals surface area (Å²) in [7, 11) is 2.91. The van der Waals surface area contributed by atoms with Crippen LogP contribution in [0.1, 0.15) is 29.8 Å². The Bertz CT molecular complexity index is 977. The number of carbonyl (C=O) groups excluding carboxylic acids is 1. The first-order chi connectivity index (χ1) is 11.9. The zero-order chi connectivity index (χ0) is 18.2. The summed E-state index contributed by atoms with van der Waals surface area (Å²) in [4.78, 5) is 15.7. The van der Waals surface area contributed by atoms with E-state index in [0.29, 0.717) is 16.9 Å². The molecule has 0 aliphatic rings. The summed E-state index contributed by atoms with van der Waals surface area (Å²) in [5.74, 6) is 0.105. The molecule has 3 rings (SSSR count). The highest BCUT2D eigenvalue weighted by molar-refractivity contribution is 6.16. The van der Waals surface area contributed by atoms with Crippen molar-refractivity contribution >= 4 is 33.9 Å². The summed E-state index contributed by atoms with van der Waals surface area (Å²) >= 11 is 0. The predicted molar refractivity (Wildman–Crippen MR) is 99.0 cm³/mol. The van der Waals surface area contributed by atoms with Gasteiger partial charge in [-0.2, -0.15) is 0 Å². The van der Waals surface area contributed by atoms with Crippen LogP contribution in [0.4, 0.5) is 0 Å². The fraction of sp³-hybridized carbons (Fsp3) is 0.250. The van der Waals surface area contributed by atoms with Crippen molar-refractivity contribution in [3.63, 3.8) is 0 Å². The summed E-state index contributed by atoms with van der Waals surface area (Å²) in [6.45, 7) is 3.36. The monoisotopic (exact) mass is 339 g/mol.